The minimum absolute atomic E-state index is 0. The maximum absolute atomic E-state index is 14.2. The Morgan fingerprint density at radius 2 is 1.67 bits per heavy atom. The summed E-state index contributed by atoms with van der Waals surface area (Å²) in [6.45, 7) is 8.69. The summed E-state index contributed by atoms with van der Waals surface area (Å²) >= 11 is 0. The minimum atomic E-state index is -0.596. The Hall–Kier alpha value is -4.29. The number of urea groups is 1. The molecular weight excluding hydrogens is 765 g/mol. The topological polar surface area (TPSA) is 123 Å². The predicted octanol–water partition coefficient (Wildman–Crippen LogP) is 6.91. The van der Waals surface area contributed by atoms with Gasteiger partial charge in [-0.15, -0.1) is 37.2 Å². The first-order chi connectivity index (χ1) is 25.3. The van der Waals surface area contributed by atoms with Crippen LogP contribution in [0.1, 0.15) is 53.8 Å². The van der Waals surface area contributed by atoms with Crippen LogP contribution in [0.5, 0.6) is 11.5 Å². The Bertz CT molecular complexity index is 1950. The van der Waals surface area contributed by atoms with Gasteiger partial charge in [-0.25, -0.2) is 19.5 Å². The second kappa shape index (κ2) is 21.1. The summed E-state index contributed by atoms with van der Waals surface area (Å²) in [5.41, 5.74) is 5.66. The number of carbonyl (C=O) groups excluding carboxylic acids is 3. The third-order valence-electron chi connectivity index (χ3n) is 9.92. The first-order valence-electron chi connectivity index (χ1n) is 18.1. The molecule has 2 N–H and O–H groups in total. The van der Waals surface area contributed by atoms with E-state index in [0.717, 1.165) is 90.7 Å². The molecule has 2 saturated heterocycles. The lowest BCUT2D eigenvalue weighted by molar-refractivity contribution is 0.0992. The number of carbonyl (C=O) groups is 2. The molecule has 4 aromatic rings. The average Bonchev–Trinajstić information content (AvgIpc) is 3.84. The maximum atomic E-state index is 14.2. The number of benzene rings is 3. The number of aryl methyl sites for hydroxylation is 1. The molecule has 55 heavy (non-hydrogen) atoms. The van der Waals surface area contributed by atoms with E-state index in [9.17, 15) is 14.4 Å². The van der Waals surface area contributed by atoms with Crippen molar-refractivity contribution in [2.24, 2.45) is 0 Å². The van der Waals surface area contributed by atoms with Crippen molar-refractivity contribution in [2.45, 2.75) is 45.6 Å². The highest BCUT2D eigenvalue weighted by Gasteiger charge is 2.28. The molecule has 15 heteroatoms. The van der Waals surface area contributed by atoms with E-state index in [2.05, 4.69) is 38.0 Å². The number of likely N-dealkylation sites (N-methyl/N-ethyl adjacent to an activating group) is 1. The van der Waals surface area contributed by atoms with Gasteiger partial charge in [0.2, 0.25) is 0 Å². The molecule has 3 heterocycles. The molecule has 0 saturated carbocycles. The van der Waals surface area contributed by atoms with Gasteiger partial charge in [-0.05, 0) is 101 Å². The van der Waals surface area contributed by atoms with Gasteiger partial charge in [-0.3, -0.25) is 9.69 Å². The molecule has 0 aliphatic carbocycles. The number of likely N-dealkylation sites (tertiary alicyclic amines) is 1. The van der Waals surface area contributed by atoms with Gasteiger partial charge < -0.3 is 29.6 Å². The number of piperazine rings is 1. The molecule has 3 aromatic carbocycles. The highest BCUT2D eigenvalue weighted by molar-refractivity contribution is 6.21. The quantitative estimate of drug-likeness (QED) is 0.110. The zero-order valence-corrected chi connectivity index (χ0v) is 34.3. The van der Waals surface area contributed by atoms with Gasteiger partial charge >= 0.3 is 6.03 Å². The van der Waals surface area contributed by atoms with Crippen LogP contribution in [-0.2, 0) is 11.3 Å². The van der Waals surface area contributed by atoms with E-state index in [1.165, 1.54) is 19.9 Å². The van der Waals surface area contributed by atoms with Gasteiger partial charge in [0, 0.05) is 49.9 Å². The largest absolute Gasteiger partial charge is 0.496 e. The van der Waals surface area contributed by atoms with Gasteiger partial charge in [0.05, 0.1) is 42.7 Å². The lowest BCUT2D eigenvalue weighted by Crippen LogP contribution is -2.44. The molecular formula is C40H52Cl3N7O5. The molecule has 0 bridgehead atoms. The molecule has 1 aromatic heterocycles. The Balaban J connectivity index is 0.00000271. The van der Waals surface area contributed by atoms with Gasteiger partial charge in [0.1, 0.15) is 23.3 Å². The van der Waals surface area contributed by atoms with Crippen molar-refractivity contribution in [3.05, 3.63) is 77.2 Å². The third-order valence-corrected chi connectivity index (χ3v) is 9.92. The molecule has 298 valence electrons. The SMILES string of the molecule is CNC(=O)N(C(=O)c1ccc(-c2cccc3[nH]c(CN4CCCC4)nc23)c(OC)c1)c1ccc(C)cc1OCCCCC(=C=O)N1CCN(C)CC1.Cl.Cl.Cl. The highest BCUT2D eigenvalue weighted by Crippen LogP contribution is 2.37. The summed E-state index contributed by atoms with van der Waals surface area (Å²) in [6.07, 6.45) is 4.47. The number of para-hydroxylation sites is 1. The summed E-state index contributed by atoms with van der Waals surface area (Å²) in [5, 5.41) is 2.62. The molecule has 2 aliphatic rings. The summed E-state index contributed by atoms with van der Waals surface area (Å²) in [5.74, 6) is 3.43. The second-order valence-corrected chi connectivity index (χ2v) is 13.6. The number of rotatable bonds is 13. The van der Waals surface area contributed by atoms with Crippen LogP contribution in [0.2, 0.25) is 0 Å². The number of nitrogens with one attached hydrogen (secondary N) is 2. The predicted molar refractivity (Wildman–Crippen MR) is 224 cm³/mol. The number of aromatic amines is 1. The molecule has 3 amide bonds. The van der Waals surface area contributed by atoms with E-state index in [-0.39, 0.29) is 42.8 Å². The van der Waals surface area contributed by atoms with E-state index < -0.39 is 11.9 Å². The third kappa shape index (κ3) is 10.7. The molecule has 2 fully saturated rings. The summed E-state index contributed by atoms with van der Waals surface area (Å²) < 4.78 is 12.1. The summed E-state index contributed by atoms with van der Waals surface area (Å²) in [6, 6.07) is 16.0. The summed E-state index contributed by atoms with van der Waals surface area (Å²) in [4.78, 5) is 55.6. The van der Waals surface area contributed by atoms with Crippen LogP contribution in [-0.4, -0.2) is 110 Å². The van der Waals surface area contributed by atoms with Crippen molar-refractivity contribution >= 4 is 71.8 Å². The van der Waals surface area contributed by atoms with E-state index in [1.807, 2.05) is 43.3 Å². The smallest absolute Gasteiger partial charge is 0.328 e. The Morgan fingerprint density at radius 1 is 0.927 bits per heavy atom. The lowest BCUT2D eigenvalue weighted by Gasteiger charge is -2.34. The van der Waals surface area contributed by atoms with Crippen molar-refractivity contribution in [1.29, 1.82) is 0 Å². The van der Waals surface area contributed by atoms with Crippen molar-refractivity contribution < 1.29 is 23.9 Å². The molecule has 0 radical (unpaired) electrons. The highest BCUT2D eigenvalue weighted by atomic mass is 35.5. The number of allylic oxidation sites excluding steroid dienone is 1. The first-order valence-corrected chi connectivity index (χ1v) is 18.1. The molecule has 2 aliphatic heterocycles. The van der Waals surface area contributed by atoms with Crippen LogP contribution < -0.4 is 19.7 Å². The van der Waals surface area contributed by atoms with Crippen LogP contribution in [0.4, 0.5) is 10.5 Å². The Morgan fingerprint density at radius 3 is 2.36 bits per heavy atom. The average molecular weight is 817 g/mol. The van der Waals surface area contributed by atoms with E-state index in [0.29, 0.717) is 42.3 Å². The Labute approximate surface area is 341 Å². The van der Waals surface area contributed by atoms with Crippen LogP contribution >= 0.6 is 37.2 Å². The number of nitrogens with zero attached hydrogens (tertiary/aromatic N) is 5. The summed E-state index contributed by atoms with van der Waals surface area (Å²) in [7, 11) is 5.14. The molecule has 6 rings (SSSR count). The Kier molecular flexibility index (Phi) is 17.3. The number of imidazole rings is 1. The van der Waals surface area contributed by atoms with Crippen LogP contribution in [0, 0.1) is 6.92 Å². The van der Waals surface area contributed by atoms with E-state index >= 15 is 0 Å². The number of anilines is 1. The molecule has 12 nitrogen and oxygen atoms in total. The fraction of sp³-hybridized carbons (Fsp3) is 0.425. The van der Waals surface area contributed by atoms with Crippen molar-refractivity contribution in [3.63, 3.8) is 0 Å². The number of H-pyrrole nitrogens is 1. The number of imide groups is 1. The van der Waals surface area contributed by atoms with Gasteiger partial charge in [0.15, 0.2) is 0 Å². The zero-order chi connectivity index (χ0) is 36.6. The number of ether oxygens (including phenoxy) is 2. The van der Waals surface area contributed by atoms with Crippen molar-refractivity contribution in [1.82, 2.24) is 30.0 Å². The maximum Gasteiger partial charge on any atom is 0.328 e. The lowest BCUT2D eigenvalue weighted by atomic mass is 10.0. The number of unbranched alkanes of at least 4 members (excludes halogenated alkanes) is 1. The minimum Gasteiger partial charge on any atom is -0.496 e. The van der Waals surface area contributed by atoms with Crippen LogP contribution in [0.25, 0.3) is 22.2 Å². The number of fused-ring (bicyclic) bond motifs is 1. The fourth-order valence-corrected chi connectivity index (χ4v) is 6.98. The molecule has 0 atom stereocenters. The van der Waals surface area contributed by atoms with Gasteiger partial charge in [-0.1, -0.05) is 18.2 Å². The standard InChI is InChI=1S/C40H49N7O5.3ClH/c1-28-13-16-34(36(24-28)52-23-8-5-10-30(27-48)46-21-19-44(3)20-22-46)47(40(50)41-2)39(49)29-14-15-31(35(25-29)51-4)32-11-9-12-33-38(32)43-37(42-33)26-45-17-6-7-18-45;;;/h9,11-16,24-25H,5-8,10,17-23,26H2,1-4H3,(H,41,50)(H,42,43);3*1H. The number of hydrogen-bond donors (Lipinski definition) is 2. The number of hydrogen-bond acceptors (Lipinski definition) is 9. The number of halogens is 3. The number of aromatic nitrogens is 2. The molecule has 0 spiro atoms. The van der Waals surface area contributed by atoms with Crippen LogP contribution in [0.3, 0.4) is 0 Å². The zero-order valence-electron chi connectivity index (χ0n) is 31.9. The first kappa shape index (κ1) is 45.1. The normalized spacial score (nSPS) is 14.2. The van der Waals surface area contributed by atoms with Crippen LogP contribution in [0.15, 0.2) is 60.3 Å². The number of amides is 3. The fourth-order valence-electron chi connectivity index (χ4n) is 6.98. The van der Waals surface area contributed by atoms with Crippen molar-refractivity contribution in [3.8, 4) is 22.6 Å². The van der Waals surface area contributed by atoms with Gasteiger partial charge in [-0.2, -0.15) is 0 Å². The second-order valence-electron chi connectivity index (χ2n) is 13.6. The van der Waals surface area contributed by atoms with E-state index in [4.69, 9.17) is 14.5 Å². The molecule has 0 unspecified atom stereocenters. The monoisotopic (exact) mass is 815 g/mol. The van der Waals surface area contributed by atoms with Gasteiger partial charge in [0.25, 0.3) is 5.91 Å². The van der Waals surface area contributed by atoms with Crippen molar-refractivity contribution in [2.75, 3.05) is 72.0 Å². The number of methoxy groups -OCH3 is 1. The van der Waals surface area contributed by atoms with E-state index in [1.54, 1.807) is 25.3 Å².